The molecule has 0 bridgehead atoms. The second-order valence-corrected chi connectivity index (χ2v) is 9.22. The molecule has 0 fully saturated rings. The zero-order valence-electron chi connectivity index (χ0n) is 15.1. The molecular formula is C19H24N2O3S2. The van der Waals surface area contributed by atoms with Crippen molar-refractivity contribution in [3.05, 3.63) is 63.7 Å². The first-order valence-corrected chi connectivity index (χ1v) is 10.7. The van der Waals surface area contributed by atoms with Gasteiger partial charge in [-0.05, 0) is 29.0 Å². The van der Waals surface area contributed by atoms with Crippen LogP contribution in [0.2, 0.25) is 0 Å². The van der Waals surface area contributed by atoms with Crippen molar-refractivity contribution in [2.45, 2.75) is 19.9 Å². The van der Waals surface area contributed by atoms with Crippen LogP contribution in [0.4, 0.5) is 0 Å². The first kappa shape index (κ1) is 20.4. The molecule has 0 saturated carbocycles. The lowest BCUT2D eigenvalue weighted by Crippen LogP contribution is -2.40. The van der Waals surface area contributed by atoms with Gasteiger partial charge < -0.3 is 5.32 Å². The molecule has 1 heterocycles. The smallest absolute Gasteiger partial charge is 0.236 e. The van der Waals surface area contributed by atoms with E-state index in [4.69, 9.17) is 0 Å². The molecular weight excluding hydrogens is 368 g/mol. The van der Waals surface area contributed by atoms with Crippen LogP contribution in [0.25, 0.3) is 6.08 Å². The molecule has 0 unspecified atom stereocenters. The van der Waals surface area contributed by atoms with Crippen LogP contribution in [-0.4, -0.2) is 32.2 Å². The van der Waals surface area contributed by atoms with Crippen LogP contribution < -0.4 is 5.32 Å². The van der Waals surface area contributed by atoms with Gasteiger partial charge in [-0.1, -0.05) is 50.2 Å². The normalized spacial score (nSPS) is 13.4. The Morgan fingerprint density at radius 3 is 2.46 bits per heavy atom. The molecule has 1 amide bonds. The Hall–Kier alpha value is -1.96. The summed E-state index contributed by atoms with van der Waals surface area (Å²) in [6.45, 7) is 3.82. The van der Waals surface area contributed by atoms with Crippen molar-refractivity contribution in [1.82, 2.24) is 9.62 Å². The maximum absolute atomic E-state index is 12.3. The molecule has 140 valence electrons. The summed E-state index contributed by atoms with van der Waals surface area (Å²) >= 11 is 1.57. The highest BCUT2D eigenvalue weighted by atomic mass is 32.2. The van der Waals surface area contributed by atoms with E-state index in [0.717, 1.165) is 20.2 Å². The second-order valence-electron chi connectivity index (χ2n) is 6.32. The number of benzene rings is 1. The van der Waals surface area contributed by atoms with Crippen molar-refractivity contribution in [2.24, 2.45) is 5.92 Å². The van der Waals surface area contributed by atoms with Crippen molar-refractivity contribution in [2.75, 3.05) is 13.6 Å². The van der Waals surface area contributed by atoms with E-state index in [9.17, 15) is 13.2 Å². The molecule has 7 heteroatoms. The molecule has 1 N–H and O–H groups in total. The van der Waals surface area contributed by atoms with Crippen LogP contribution >= 0.6 is 11.3 Å². The zero-order chi connectivity index (χ0) is 19.2. The van der Waals surface area contributed by atoms with Gasteiger partial charge in [-0.25, -0.2) is 8.42 Å². The average Bonchev–Trinajstić information content (AvgIpc) is 3.12. The van der Waals surface area contributed by atoms with E-state index in [1.165, 1.54) is 13.1 Å². The number of carbonyl (C=O) groups is 1. The van der Waals surface area contributed by atoms with Crippen molar-refractivity contribution in [1.29, 1.82) is 0 Å². The lowest BCUT2D eigenvalue weighted by Gasteiger charge is -2.23. The SMILES string of the molecule is CC(C)[C@@H](NC(=O)CN(C)S(=O)(=O)/C=C/c1ccccc1)c1cccs1. The van der Waals surface area contributed by atoms with Gasteiger partial charge in [0.05, 0.1) is 12.6 Å². The van der Waals surface area contributed by atoms with Gasteiger partial charge in [-0.3, -0.25) is 4.79 Å². The molecule has 0 radical (unpaired) electrons. The van der Waals surface area contributed by atoms with Crippen LogP contribution in [0, 0.1) is 5.92 Å². The molecule has 1 atom stereocenters. The molecule has 0 aliphatic heterocycles. The molecule has 0 saturated heterocycles. The van der Waals surface area contributed by atoms with Gasteiger partial charge in [0.2, 0.25) is 15.9 Å². The maximum Gasteiger partial charge on any atom is 0.236 e. The first-order chi connectivity index (χ1) is 12.3. The molecule has 1 aromatic heterocycles. The Morgan fingerprint density at radius 1 is 1.19 bits per heavy atom. The van der Waals surface area contributed by atoms with E-state index >= 15 is 0 Å². The van der Waals surface area contributed by atoms with E-state index in [1.54, 1.807) is 11.3 Å². The summed E-state index contributed by atoms with van der Waals surface area (Å²) in [5, 5.41) is 6.02. The standard InChI is InChI=1S/C19H24N2O3S2/c1-15(2)19(17-10-7-12-25-17)20-18(22)14-21(3)26(23,24)13-11-16-8-5-4-6-9-16/h4-13,15,19H,14H2,1-3H3,(H,20,22)/b13-11+/t19-/m1/s1. The summed E-state index contributed by atoms with van der Waals surface area (Å²) in [7, 11) is -2.27. The van der Waals surface area contributed by atoms with Gasteiger partial charge in [0.1, 0.15) is 0 Å². The monoisotopic (exact) mass is 392 g/mol. The van der Waals surface area contributed by atoms with Gasteiger partial charge in [-0.15, -0.1) is 11.3 Å². The predicted octanol–water partition coefficient (Wildman–Crippen LogP) is 3.49. The first-order valence-electron chi connectivity index (χ1n) is 8.32. The quantitative estimate of drug-likeness (QED) is 0.748. The Bertz CT molecular complexity index is 829. The van der Waals surface area contributed by atoms with Crippen molar-refractivity contribution >= 4 is 33.3 Å². The molecule has 0 aliphatic carbocycles. The van der Waals surface area contributed by atoms with Gasteiger partial charge in [0.25, 0.3) is 0 Å². The third kappa shape index (κ3) is 5.79. The maximum atomic E-state index is 12.3. The Balaban J connectivity index is 2.00. The molecule has 0 spiro atoms. The second kappa shape index (κ2) is 9.12. The predicted molar refractivity (Wildman–Crippen MR) is 107 cm³/mol. The third-order valence-electron chi connectivity index (χ3n) is 3.87. The van der Waals surface area contributed by atoms with E-state index in [0.29, 0.717) is 0 Å². The number of nitrogens with one attached hydrogen (secondary N) is 1. The molecule has 2 aromatic rings. The van der Waals surface area contributed by atoms with Crippen LogP contribution in [0.3, 0.4) is 0 Å². The van der Waals surface area contributed by atoms with Gasteiger partial charge >= 0.3 is 0 Å². The summed E-state index contributed by atoms with van der Waals surface area (Å²) in [5.41, 5.74) is 0.784. The number of rotatable bonds is 8. The number of hydrogen-bond acceptors (Lipinski definition) is 4. The lowest BCUT2D eigenvalue weighted by atomic mass is 10.0. The molecule has 0 aliphatic rings. The van der Waals surface area contributed by atoms with E-state index < -0.39 is 10.0 Å². The van der Waals surface area contributed by atoms with Crippen molar-refractivity contribution < 1.29 is 13.2 Å². The Kier molecular flexibility index (Phi) is 7.14. The fourth-order valence-electron chi connectivity index (χ4n) is 2.38. The zero-order valence-corrected chi connectivity index (χ0v) is 16.8. The van der Waals surface area contributed by atoms with Crippen LogP contribution in [0.1, 0.15) is 30.3 Å². The van der Waals surface area contributed by atoms with E-state index in [1.807, 2.05) is 61.7 Å². The van der Waals surface area contributed by atoms with E-state index in [2.05, 4.69) is 5.32 Å². The summed E-state index contributed by atoms with van der Waals surface area (Å²) in [6.07, 6.45) is 1.52. The minimum atomic E-state index is -3.67. The van der Waals surface area contributed by atoms with Crippen molar-refractivity contribution in [3.63, 3.8) is 0 Å². The summed E-state index contributed by atoms with van der Waals surface area (Å²) in [4.78, 5) is 13.4. The number of likely N-dealkylation sites (N-methyl/N-ethyl adjacent to an activating group) is 1. The van der Waals surface area contributed by atoms with Gasteiger partial charge in [0, 0.05) is 17.3 Å². The summed E-state index contributed by atoms with van der Waals surface area (Å²) in [6, 6.07) is 12.9. The van der Waals surface area contributed by atoms with Crippen LogP contribution in [0.5, 0.6) is 0 Å². The highest BCUT2D eigenvalue weighted by Crippen LogP contribution is 2.25. The number of hydrogen-bond donors (Lipinski definition) is 1. The molecule has 26 heavy (non-hydrogen) atoms. The van der Waals surface area contributed by atoms with E-state index in [-0.39, 0.29) is 24.4 Å². The number of nitrogens with zero attached hydrogens (tertiary/aromatic N) is 1. The number of amides is 1. The highest BCUT2D eigenvalue weighted by Gasteiger charge is 2.22. The summed E-state index contributed by atoms with van der Waals surface area (Å²) in [5.74, 6) is -0.117. The fraction of sp³-hybridized carbons (Fsp3) is 0.316. The summed E-state index contributed by atoms with van der Waals surface area (Å²) < 4.78 is 25.7. The number of thiophene rings is 1. The van der Waals surface area contributed by atoms with Crippen LogP contribution in [-0.2, 0) is 14.8 Å². The highest BCUT2D eigenvalue weighted by molar-refractivity contribution is 7.92. The number of carbonyl (C=O) groups excluding carboxylic acids is 1. The lowest BCUT2D eigenvalue weighted by molar-refractivity contribution is -0.122. The minimum Gasteiger partial charge on any atom is -0.347 e. The Morgan fingerprint density at radius 2 is 1.88 bits per heavy atom. The minimum absolute atomic E-state index is 0.126. The van der Waals surface area contributed by atoms with Crippen molar-refractivity contribution in [3.8, 4) is 0 Å². The third-order valence-corrected chi connectivity index (χ3v) is 6.30. The Labute approximate surface area is 159 Å². The molecule has 2 rings (SSSR count). The molecule has 1 aromatic carbocycles. The largest absolute Gasteiger partial charge is 0.347 e. The topological polar surface area (TPSA) is 66.5 Å². The number of sulfonamides is 1. The molecule has 5 nitrogen and oxygen atoms in total. The average molecular weight is 393 g/mol. The van der Waals surface area contributed by atoms with Crippen LogP contribution in [0.15, 0.2) is 53.3 Å². The van der Waals surface area contributed by atoms with Gasteiger partial charge in [-0.2, -0.15) is 4.31 Å². The fourth-order valence-corrected chi connectivity index (χ4v) is 4.16. The van der Waals surface area contributed by atoms with Gasteiger partial charge in [0.15, 0.2) is 0 Å².